The Kier molecular flexibility index (Phi) is 7.16. The number of Topliss-reactive ketones (excluding diaryl/α,β-unsaturated/α-hetero) is 1. The fraction of sp³-hybridized carbons (Fsp3) is 0.429. The summed E-state index contributed by atoms with van der Waals surface area (Å²) in [6, 6.07) is 5.62. The molecule has 0 aliphatic heterocycles. The number of hydrogen-bond donors (Lipinski definition) is 2. The summed E-state index contributed by atoms with van der Waals surface area (Å²) in [5.41, 5.74) is 0.441. The van der Waals surface area contributed by atoms with Crippen LogP contribution >= 0.6 is 0 Å². The summed E-state index contributed by atoms with van der Waals surface area (Å²) in [5, 5.41) is 2.59. The standard InChI is InChI=1S/C14H20N2O5S/c1-11(17)12-3-5-13(6-4-12)22(19,20)16-8-7-14(18)15-9-10-21-2/h3-6,16H,7-10H2,1-2H3,(H,15,18). The van der Waals surface area contributed by atoms with E-state index in [1.165, 1.54) is 38.3 Å². The van der Waals surface area contributed by atoms with Crippen molar-refractivity contribution in [2.45, 2.75) is 18.2 Å². The molecule has 0 aliphatic carbocycles. The first-order valence-electron chi connectivity index (χ1n) is 6.73. The number of carbonyl (C=O) groups is 2. The molecule has 0 atom stereocenters. The van der Waals surface area contributed by atoms with Crippen LogP contribution in [-0.2, 0) is 19.6 Å². The number of hydrogen-bond acceptors (Lipinski definition) is 5. The highest BCUT2D eigenvalue weighted by atomic mass is 32.2. The molecule has 22 heavy (non-hydrogen) atoms. The van der Waals surface area contributed by atoms with E-state index in [1.807, 2.05) is 0 Å². The van der Waals surface area contributed by atoms with E-state index in [0.29, 0.717) is 18.7 Å². The predicted octanol–water partition coefficient (Wildman–Crippen LogP) is 0.320. The van der Waals surface area contributed by atoms with Gasteiger partial charge < -0.3 is 10.1 Å². The maximum absolute atomic E-state index is 12.0. The Balaban J connectivity index is 2.50. The number of sulfonamides is 1. The summed E-state index contributed by atoms with van der Waals surface area (Å²) in [5.74, 6) is -0.392. The van der Waals surface area contributed by atoms with Crippen LogP contribution in [-0.4, -0.2) is 46.9 Å². The van der Waals surface area contributed by atoms with Crippen LogP contribution in [0.4, 0.5) is 0 Å². The fourth-order valence-corrected chi connectivity index (χ4v) is 2.66. The molecule has 1 aromatic rings. The smallest absolute Gasteiger partial charge is 0.240 e. The molecule has 2 N–H and O–H groups in total. The van der Waals surface area contributed by atoms with Crippen molar-refractivity contribution < 1.29 is 22.7 Å². The molecule has 0 saturated carbocycles. The number of methoxy groups -OCH3 is 1. The number of benzene rings is 1. The van der Waals surface area contributed by atoms with Gasteiger partial charge in [0.05, 0.1) is 11.5 Å². The van der Waals surface area contributed by atoms with Crippen molar-refractivity contribution >= 4 is 21.7 Å². The Morgan fingerprint density at radius 3 is 2.32 bits per heavy atom. The molecule has 0 saturated heterocycles. The van der Waals surface area contributed by atoms with Gasteiger partial charge in [-0.25, -0.2) is 13.1 Å². The number of ketones is 1. The molecule has 0 aromatic heterocycles. The van der Waals surface area contributed by atoms with E-state index >= 15 is 0 Å². The average molecular weight is 328 g/mol. The average Bonchev–Trinajstić information content (AvgIpc) is 2.47. The van der Waals surface area contributed by atoms with Gasteiger partial charge >= 0.3 is 0 Å². The molecule has 1 aromatic carbocycles. The van der Waals surface area contributed by atoms with E-state index in [1.54, 1.807) is 0 Å². The van der Waals surface area contributed by atoms with Gasteiger partial charge in [0.15, 0.2) is 5.78 Å². The molecule has 1 amide bonds. The number of rotatable bonds is 9. The lowest BCUT2D eigenvalue weighted by Gasteiger charge is -2.08. The zero-order chi connectivity index (χ0) is 16.6. The second kappa shape index (κ2) is 8.62. The molecular weight excluding hydrogens is 308 g/mol. The third kappa shape index (κ3) is 5.92. The molecule has 0 spiro atoms. The number of amides is 1. The minimum absolute atomic E-state index is 0.00436. The lowest BCUT2D eigenvalue weighted by Crippen LogP contribution is -2.32. The SMILES string of the molecule is COCCNC(=O)CCNS(=O)(=O)c1ccc(C(C)=O)cc1. The maximum Gasteiger partial charge on any atom is 0.240 e. The third-order valence-corrected chi connectivity index (χ3v) is 4.32. The fourth-order valence-electron chi connectivity index (χ4n) is 1.63. The minimum atomic E-state index is -3.69. The Morgan fingerprint density at radius 1 is 1.14 bits per heavy atom. The van der Waals surface area contributed by atoms with Gasteiger partial charge in [-0.05, 0) is 19.1 Å². The van der Waals surface area contributed by atoms with Crippen LogP contribution in [0.5, 0.6) is 0 Å². The van der Waals surface area contributed by atoms with Gasteiger partial charge in [0.1, 0.15) is 0 Å². The van der Waals surface area contributed by atoms with E-state index < -0.39 is 10.0 Å². The Morgan fingerprint density at radius 2 is 1.77 bits per heavy atom. The first kappa shape index (κ1) is 18.3. The van der Waals surface area contributed by atoms with Crippen LogP contribution < -0.4 is 10.0 Å². The summed E-state index contributed by atoms with van der Waals surface area (Å²) in [7, 11) is -2.16. The molecule has 0 bridgehead atoms. The largest absolute Gasteiger partial charge is 0.383 e. The van der Waals surface area contributed by atoms with Crippen molar-refractivity contribution in [3.8, 4) is 0 Å². The van der Waals surface area contributed by atoms with Crippen molar-refractivity contribution in [3.63, 3.8) is 0 Å². The van der Waals surface area contributed by atoms with E-state index in [-0.39, 0.29) is 29.6 Å². The quantitative estimate of drug-likeness (QED) is 0.502. The Labute approximate surface area is 130 Å². The summed E-state index contributed by atoms with van der Waals surface area (Å²) in [4.78, 5) is 22.6. The van der Waals surface area contributed by atoms with Crippen molar-refractivity contribution in [1.82, 2.24) is 10.0 Å². The zero-order valence-electron chi connectivity index (χ0n) is 12.6. The van der Waals surface area contributed by atoms with Crippen LogP contribution in [0.25, 0.3) is 0 Å². The van der Waals surface area contributed by atoms with Crippen LogP contribution in [0.2, 0.25) is 0 Å². The summed E-state index contributed by atoms with van der Waals surface area (Å²) in [6.45, 7) is 2.19. The highest BCUT2D eigenvalue weighted by molar-refractivity contribution is 7.89. The highest BCUT2D eigenvalue weighted by Crippen LogP contribution is 2.10. The Bertz CT molecular complexity index is 611. The Hall–Kier alpha value is -1.77. The van der Waals surface area contributed by atoms with Crippen LogP contribution in [0.1, 0.15) is 23.7 Å². The van der Waals surface area contributed by atoms with Crippen molar-refractivity contribution in [2.75, 3.05) is 26.8 Å². The normalized spacial score (nSPS) is 11.2. The minimum Gasteiger partial charge on any atom is -0.383 e. The first-order valence-corrected chi connectivity index (χ1v) is 8.21. The molecule has 0 aliphatic rings. The van der Waals surface area contributed by atoms with Gasteiger partial charge in [-0.1, -0.05) is 12.1 Å². The van der Waals surface area contributed by atoms with Gasteiger partial charge in [-0.3, -0.25) is 9.59 Å². The molecule has 7 nitrogen and oxygen atoms in total. The van der Waals surface area contributed by atoms with Crippen molar-refractivity contribution in [3.05, 3.63) is 29.8 Å². The molecule has 1 rings (SSSR count). The van der Waals surface area contributed by atoms with Gasteiger partial charge in [-0.2, -0.15) is 0 Å². The summed E-state index contributed by atoms with van der Waals surface area (Å²) >= 11 is 0. The van der Waals surface area contributed by atoms with Gasteiger partial charge in [0.25, 0.3) is 0 Å². The molecule has 0 fully saturated rings. The van der Waals surface area contributed by atoms with Gasteiger partial charge in [0, 0.05) is 32.2 Å². The number of ether oxygens (including phenoxy) is 1. The summed E-state index contributed by atoms with van der Waals surface area (Å²) in [6.07, 6.45) is 0.0362. The summed E-state index contributed by atoms with van der Waals surface area (Å²) < 4.78 is 31.1. The number of nitrogens with one attached hydrogen (secondary N) is 2. The van der Waals surface area contributed by atoms with E-state index in [4.69, 9.17) is 4.74 Å². The van der Waals surface area contributed by atoms with Crippen molar-refractivity contribution in [1.29, 1.82) is 0 Å². The zero-order valence-corrected chi connectivity index (χ0v) is 13.4. The second-order valence-electron chi connectivity index (χ2n) is 4.57. The third-order valence-electron chi connectivity index (χ3n) is 2.84. The molecule has 122 valence electrons. The molecule has 8 heteroatoms. The monoisotopic (exact) mass is 328 g/mol. The molecule has 0 unspecified atom stereocenters. The first-order chi connectivity index (χ1) is 10.4. The van der Waals surface area contributed by atoms with Gasteiger partial charge in [-0.15, -0.1) is 0 Å². The highest BCUT2D eigenvalue weighted by Gasteiger charge is 2.14. The van der Waals surface area contributed by atoms with Crippen LogP contribution in [0.3, 0.4) is 0 Å². The van der Waals surface area contributed by atoms with Gasteiger partial charge in [0.2, 0.25) is 15.9 Å². The number of carbonyl (C=O) groups excluding carboxylic acids is 2. The van der Waals surface area contributed by atoms with Crippen LogP contribution in [0, 0.1) is 0 Å². The lowest BCUT2D eigenvalue weighted by molar-refractivity contribution is -0.121. The van der Waals surface area contributed by atoms with Crippen molar-refractivity contribution in [2.24, 2.45) is 0 Å². The lowest BCUT2D eigenvalue weighted by atomic mass is 10.2. The maximum atomic E-state index is 12.0. The topological polar surface area (TPSA) is 102 Å². The van der Waals surface area contributed by atoms with E-state index in [9.17, 15) is 18.0 Å². The molecular formula is C14H20N2O5S. The molecule has 0 heterocycles. The van der Waals surface area contributed by atoms with E-state index in [0.717, 1.165) is 0 Å². The molecule has 0 radical (unpaired) electrons. The predicted molar refractivity (Wildman–Crippen MR) is 81.1 cm³/mol. The van der Waals surface area contributed by atoms with E-state index in [2.05, 4.69) is 10.0 Å². The van der Waals surface area contributed by atoms with Crippen LogP contribution in [0.15, 0.2) is 29.2 Å². The second-order valence-corrected chi connectivity index (χ2v) is 6.34.